The molecule has 1 aliphatic carbocycles. The van der Waals surface area contributed by atoms with E-state index in [1.165, 1.54) is 0 Å². The van der Waals surface area contributed by atoms with Gasteiger partial charge in [0, 0.05) is 41.3 Å². The van der Waals surface area contributed by atoms with E-state index in [1.54, 1.807) is 6.20 Å². The maximum atomic E-state index is 12.6. The van der Waals surface area contributed by atoms with Crippen molar-refractivity contribution >= 4 is 34.4 Å². The Bertz CT molecular complexity index is 1090. The van der Waals surface area contributed by atoms with Crippen LogP contribution in [0.15, 0.2) is 36.7 Å². The lowest BCUT2D eigenvalue weighted by Gasteiger charge is -2.32. The second-order valence-electron chi connectivity index (χ2n) is 8.89. The number of carbonyl (C=O) groups is 1. The van der Waals surface area contributed by atoms with E-state index in [2.05, 4.69) is 32.0 Å². The second-order valence-corrected chi connectivity index (χ2v) is 9.30. The predicted molar refractivity (Wildman–Crippen MR) is 128 cm³/mol. The Labute approximate surface area is 192 Å². The molecule has 0 bridgehead atoms. The van der Waals surface area contributed by atoms with Crippen molar-refractivity contribution in [3.63, 3.8) is 0 Å². The first-order valence-electron chi connectivity index (χ1n) is 11.5. The van der Waals surface area contributed by atoms with Gasteiger partial charge in [-0.1, -0.05) is 29.8 Å². The highest BCUT2D eigenvalue weighted by Gasteiger charge is 2.27. The minimum atomic E-state index is 0.0930. The fraction of sp³-hybridized carbons (Fsp3) is 0.458. The van der Waals surface area contributed by atoms with E-state index in [9.17, 15) is 4.79 Å². The van der Waals surface area contributed by atoms with Gasteiger partial charge in [0.25, 0.3) is 0 Å². The van der Waals surface area contributed by atoms with Gasteiger partial charge in [-0.2, -0.15) is 0 Å². The summed E-state index contributed by atoms with van der Waals surface area (Å²) in [7, 11) is 0. The normalized spacial score (nSPS) is 23.7. The third kappa shape index (κ3) is 4.59. The zero-order valence-corrected chi connectivity index (χ0v) is 18.8. The summed E-state index contributed by atoms with van der Waals surface area (Å²) < 4.78 is 0. The Hall–Kier alpha value is -2.64. The molecule has 3 atom stereocenters. The van der Waals surface area contributed by atoms with Crippen molar-refractivity contribution in [1.29, 1.82) is 0 Å². The van der Waals surface area contributed by atoms with Crippen molar-refractivity contribution in [3.8, 4) is 11.3 Å². The van der Waals surface area contributed by atoms with Crippen LogP contribution in [0.3, 0.4) is 0 Å². The maximum Gasteiger partial charge on any atom is 0.224 e. The molecule has 8 heteroatoms. The van der Waals surface area contributed by atoms with Gasteiger partial charge < -0.3 is 20.9 Å². The molecule has 7 nitrogen and oxygen atoms in total. The van der Waals surface area contributed by atoms with Crippen molar-refractivity contribution in [2.24, 2.45) is 5.92 Å². The molecular formula is C24H29ClN6O. The highest BCUT2D eigenvalue weighted by Crippen LogP contribution is 2.32. The molecule has 4 N–H and O–H groups in total. The van der Waals surface area contributed by atoms with Crippen LogP contribution >= 0.6 is 11.6 Å². The summed E-state index contributed by atoms with van der Waals surface area (Å²) in [4.78, 5) is 25.1. The van der Waals surface area contributed by atoms with Crippen molar-refractivity contribution in [2.45, 2.75) is 50.6 Å². The number of carbonyl (C=O) groups excluding carboxylic acids is 1. The molecule has 2 fully saturated rings. The van der Waals surface area contributed by atoms with Crippen molar-refractivity contribution in [2.75, 3.05) is 18.4 Å². The molecule has 1 aromatic carbocycles. The topological polar surface area (TPSA) is 94.7 Å². The van der Waals surface area contributed by atoms with E-state index in [4.69, 9.17) is 16.6 Å². The summed E-state index contributed by atoms with van der Waals surface area (Å²) in [6.07, 6.45) is 9.63. The molecule has 168 valence electrons. The number of halogens is 1. The highest BCUT2D eigenvalue weighted by atomic mass is 35.5. The molecule has 3 aromatic rings. The number of benzene rings is 1. The molecule has 1 amide bonds. The Morgan fingerprint density at radius 1 is 1.12 bits per heavy atom. The minimum absolute atomic E-state index is 0.0930. The number of para-hydroxylation sites is 1. The van der Waals surface area contributed by atoms with Gasteiger partial charge >= 0.3 is 0 Å². The quantitative estimate of drug-likeness (QED) is 0.467. The van der Waals surface area contributed by atoms with Gasteiger partial charge in [-0.15, -0.1) is 0 Å². The van der Waals surface area contributed by atoms with Crippen LogP contribution in [-0.2, 0) is 4.79 Å². The van der Waals surface area contributed by atoms with E-state index >= 15 is 0 Å². The third-order valence-electron chi connectivity index (χ3n) is 6.61. The van der Waals surface area contributed by atoms with Crippen LogP contribution in [0.1, 0.15) is 38.5 Å². The van der Waals surface area contributed by atoms with Crippen molar-refractivity contribution in [1.82, 2.24) is 25.6 Å². The number of rotatable bonds is 5. The lowest BCUT2D eigenvalue weighted by atomic mass is 9.90. The average molecular weight is 453 g/mol. The smallest absolute Gasteiger partial charge is 0.224 e. The number of nitrogens with one attached hydrogen (secondary N) is 4. The van der Waals surface area contributed by atoms with Crippen LogP contribution < -0.4 is 16.0 Å². The minimum Gasteiger partial charge on any atom is -0.360 e. The van der Waals surface area contributed by atoms with Crippen LogP contribution in [0.4, 0.5) is 5.95 Å². The summed E-state index contributed by atoms with van der Waals surface area (Å²) in [5, 5.41) is 11.7. The van der Waals surface area contributed by atoms with E-state index in [1.807, 2.05) is 24.4 Å². The fourth-order valence-electron chi connectivity index (χ4n) is 4.92. The summed E-state index contributed by atoms with van der Waals surface area (Å²) in [6.45, 7) is 1.80. The Kier molecular flexibility index (Phi) is 6.28. The molecule has 1 aliphatic heterocycles. The van der Waals surface area contributed by atoms with E-state index < -0.39 is 0 Å². The van der Waals surface area contributed by atoms with E-state index in [0.717, 1.165) is 68.1 Å². The molecular weight excluding hydrogens is 424 g/mol. The fourth-order valence-corrected chi connectivity index (χ4v) is 5.12. The van der Waals surface area contributed by atoms with Crippen LogP contribution in [0.2, 0.25) is 5.02 Å². The second kappa shape index (κ2) is 9.46. The number of aromatic amines is 1. The average Bonchev–Trinajstić information content (AvgIpc) is 3.25. The maximum absolute atomic E-state index is 12.6. The zero-order valence-electron chi connectivity index (χ0n) is 18.0. The van der Waals surface area contributed by atoms with Gasteiger partial charge in [-0.25, -0.2) is 9.97 Å². The molecule has 0 spiro atoms. The number of amides is 1. The lowest BCUT2D eigenvalue weighted by Crippen LogP contribution is -2.47. The molecule has 2 aromatic heterocycles. The number of piperidine rings is 1. The largest absolute Gasteiger partial charge is 0.360 e. The Balaban J connectivity index is 1.27. The molecule has 5 rings (SSSR count). The number of hydrogen-bond acceptors (Lipinski definition) is 5. The standard InChI is InChI=1S/C24H29ClN6O/c25-20-14-28-24(31-22(20)19-13-27-21-9-2-1-8-18(19)21)30-17-7-3-6-16(11-17)29-23(32)15-5-4-10-26-12-15/h1-2,8-9,13-17,26-27H,3-7,10-12H2,(H,29,32)(H,28,30,31)/t15-,16+,17+/m1/s1. The first-order chi connectivity index (χ1) is 15.7. The molecule has 0 radical (unpaired) electrons. The molecule has 0 unspecified atom stereocenters. The highest BCUT2D eigenvalue weighted by molar-refractivity contribution is 6.33. The van der Waals surface area contributed by atoms with Gasteiger partial charge in [0.1, 0.15) is 0 Å². The van der Waals surface area contributed by atoms with Gasteiger partial charge in [0.15, 0.2) is 0 Å². The number of H-pyrrole nitrogens is 1. The Morgan fingerprint density at radius 3 is 2.88 bits per heavy atom. The number of aromatic nitrogens is 3. The molecule has 3 heterocycles. The van der Waals surface area contributed by atoms with Crippen LogP contribution in [0, 0.1) is 5.92 Å². The molecule has 32 heavy (non-hydrogen) atoms. The number of anilines is 1. The molecule has 1 saturated carbocycles. The van der Waals surface area contributed by atoms with E-state index in [0.29, 0.717) is 16.7 Å². The zero-order chi connectivity index (χ0) is 21.9. The number of nitrogens with zero attached hydrogens (tertiary/aromatic N) is 2. The lowest BCUT2D eigenvalue weighted by molar-refractivity contribution is -0.126. The van der Waals surface area contributed by atoms with Crippen LogP contribution in [0.25, 0.3) is 22.2 Å². The van der Waals surface area contributed by atoms with E-state index in [-0.39, 0.29) is 23.9 Å². The number of hydrogen-bond donors (Lipinski definition) is 4. The van der Waals surface area contributed by atoms with Gasteiger partial charge in [0.05, 0.1) is 22.8 Å². The summed E-state index contributed by atoms with van der Waals surface area (Å²) >= 11 is 6.47. The van der Waals surface area contributed by atoms with Crippen LogP contribution in [-0.4, -0.2) is 46.0 Å². The van der Waals surface area contributed by atoms with Gasteiger partial charge in [0.2, 0.25) is 11.9 Å². The Morgan fingerprint density at radius 2 is 2.00 bits per heavy atom. The predicted octanol–water partition coefficient (Wildman–Crippen LogP) is 4.12. The monoisotopic (exact) mass is 452 g/mol. The SMILES string of the molecule is O=C(N[C@H]1CCC[C@H](Nc2ncc(Cl)c(-c3c[nH]c4ccccc34)n2)C1)[C@@H]1CCCNC1. The summed E-state index contributed by atoms with van der Waals surface area (Å²) in [6, 6.07) is 8.51. The van der Waals surface area contributed by atoms with Gasteiger partial charge in [-0.3, -0.25) is 4.79 Å². The third-order valence-corrected chi connectivity index (χ3v) is 6.89. The molecule has 1 saturated heterocycles. The van der Waals surface area contributed by atoms with Gasteiger partial charge in [-0.05, 0) is 51.1 Å². The first-order valence-corrected chi connectivity index (χ1v) is 11.9. The van der Waals surface area contributed by atoms with Crippen molar-refractivity contribution < 1.29 is 4.79 Å². The summed E-state index contributed by atoms with van der Waals surface area (Å²) in [5.74, 6) is 0.853. The molecule has 2 aliphatic rings. The number of fused-ring (bicyclic) bond motifs is 1. The first kappa shape index (κ1) is 21.2. The summed E-state index contributed by atoms with van der Waals surface area (Å²) in [5.41, 5.74) is 2.73. The van der Waals surface area contributed by atoms with Crippen molar-refractivity contribution in [3.05, 3.63) is 41.7 Å². The van der Waals surface area contributed by atoms with Crippen LogP contribution in [0.5, 0.6) is 0 Å².